The molecule has 0 unspecified atom stereocenters. The number of nitro groups is 1. The summed E-state index contributed by atoms with van der Waals surface area (Å²) in [5, 5.41) is 13.9. The molecule has 0 radical (unpaired) electrons. The molecule has 0 bridgehead atoms. The van der Waals surface area contributed by atoms with Crippen LogP contribution in [0.3, 0.4) is 0 Å². The number of nitrogens with two attached hydrogens (primary N) is 1. The maximum Gasteiger partial charge on any atom is 0.274 e. The van der Waals surface area contributed by atoms with Crippen molar-refractivity contribution in [3.05, 3.63) is 52.2 Å². The molecule has 3 N–H and O–H groups in total. The number of benzene rings is 1. The molecular weight excluding hydrogens is 232 g/mol. The van der Waals surface area contributed by atoms with Crippen molar-refractivity contribution in [2.75, 3.05) is 11.1 Å². The van der Waals surface area contributed by atoms with E-state index in [1.54, 1.807) is 37.4 Å². The second-order valence-electron chi connectivity index (χ2n) is 3.85. The van der Waals surface area contributed by atoms with Gasteiger partial charge in [0.15, 0.2) is 0 Å². The summed E-state index contributed by atoms with van der Waals surface area (Å²) >= 11 is 0. The molecular formula is C12H12N4O2. The summed E-state index contributed by atoms with van der Waals surface area (Å²) < 4.78 is 0. The smallest absolute Gasteiger partial charge is 0.274 e. The monoisotopic (exact) mass is 244 g/mol. The third-order valence-electron chi connectivity index (χ3n) is 2.48. The van der Waals surface area contributed by atoms with Crippen molar-refractivity contribution in [1.29, 1.82) is 0 Å². The zero-order valence-corrected chi connectivity index (χ0v) is 9.75. The maximum atomic E-state index is 10.8. The van der Waals surface area contributed by atoms with Crippen molar-refractivity contribution in [3.8, 4) is 0 Å². The van der Waals surface area contributed by atoms with Crippen LogP contribution in [-0.4, -0.2) is 9.91 Å². The van der Waals surface area contributed by atoms with E-state index in [4.69, 9.17) is 5.73 Å². The summed E-state index contributed by atoms with van der Waals surface area (Å²) in [7, 11) is 0. The number of pyridine rings is 1. The van der Waals surface area contributed by atoms with Crippen LogP contribution in [-0.2, 0) is 0 Å². The van der Waals surface area contributed by atoms with Crippen LogP contribution < -0.4 is 11.1 Å². The van der Waals surface area contributed by atoms with Gasteiger partial charge in [-0.3, -0.25) is 10.1 Å². The summed E-state index contributed by atoms with van der Waals surface area (Å²) in [6, 6.07) is 8.36. The largest absolute Gasteiger partial charge is 0.384 e. The topological polar surface area (TPSA) is 94.1 Å². The summed E-state index contributed by atoms with van der Waals surface area (Å²) in [4.78, 5) is 14.3. The van der Waals surface area contributed by atoms with Crippen LogP contribution in [0.5, 0.6) is 0 Å². The summed E-state index contributed by atoms with van der Waals surface area (Å²) in [5.41, 5.74) is 7.64. The van der Waals surface area contributed by atoms with Gasteiger partial charge in [-0.2, -0.15) is 0 Å². The number of nitro benzene ring substituents is 1. The minimum Gasteiger partial charge on any atom is -0.384 e. The molecule has 0 aliphatic rings. The van der Waals surface area contributed by atoms with Crippen LogP contribution in [0.1, 0.15) is 5.56 Å². The second kappa shape index (κ2) is 4.70. The van der Waals surface area contributed by atoms with E-state index in [1.165, 1.54) is 6.07 Å². The van der Waals surface area contributed by atoms with E-state index in [0.717, 1.165) is 5.69 Å². The highest BCUT2D eigenvalue weighted by atomic mass is 16.6. The molecule has 0 amide bonds. The fourth-order valence-electron chi connectivity index (χ4n) is 1.58. The highest BCUT2D eigenvalue weighted by Crippen LogP contribution is 2.25. The van der Waals surface area contributed by atoms with Gasteiger partial charge in [0.25, 0.3) is 5.69 Å². The van der Waals surface area contributed by atoms with Gasteiger partial charge in [-0.05, 0) is 19.1 Å². The van der Waals surface area contributed by atoms with Crippen LogP contribution in [0.2, 0.25) is 0 Å². The molecule has 6 heteroatoms. The number of nitrogen functional groups attached to an aromatic ring is 1. The van der Waals surface area contributed by atoms with Crippen molar-refractivity contribution in [2.45, 2.75) is 6.92 Å². The number of anilines is 3. The summed E-state index contributed by atoms with van der Waals surface area (Å²) in [6.45, 7) is 1.70. The predicted molar refractivity (Wildman–Crippen MR) is 69.8 cm³/mol. The normalized spacial score (nSPS) is 10.1. The highest BCUT2D eigenvalue weighted by molar-refractivity contribution is 5.65. The van der Waals surface area contributed by atoms with E-state index in [0.29, 0.717) is 17.1 Å². The third kappa shape index (κ3) is 2.54. The van der Waals surface area contributed by atoms with Crippen molar-refractivity contribution >= 4 is 22.9 Å². The maximum absolute atomic E-state index is 10.8. The zero-order valence-electron chi connectivity index (χ0n) is 9.75. The zero-order chi connectivity index (χ0) is 13.1. The first-order valence-electron chi connectivity index (χ1n) is 5.30. The summed E-state index contributed by atoms with van der Waals surface area (Å²) in [5.74, 6) is 0.390. The average Bonchev–Trinajstić information content (AvgIpc) is 2.31. The molecule has 0 atom stereocenters. The average molecular weight is 244 g/mol. The van der Waals surface area contributed by atoms with Crippen molar-refractivity contribution in [3.63, 3.8) is 0 Å². The molecule has 0 aliphatic heterocycles. The Kier molecular flexibility index (Phi) is 3.09. The van der Waals surface area contributed by atoms with Gasteiger partial charge in [0.1, 0.15) is 5.82 Å². The first-order valence-corrected chi connectivity index (χ1v) is 5.30. The Morgan fingerprint density at radius 3 is 2.67 bits per heavy atom. The minimum atomic E-state index is -0.401. The molecule has 1 heterocycles. The van der Waals surface area contributed by atoms with E-state index < -0.39 is 4.92 Å². The third-order valence-corrected chi connectivity index (χ3v) is 2.48. The Bertz CT molecular complexity index is 598. The predicted octanol–water partition coefficient (Wildman–Crippen LogP) is 2.62. The second-order valence-corrected chi connectivity index (χ2v) is 3.85. The van der Waals surface area contributed by atoms with Crippen molar-refractivity contribution in [1.82, 2.24) is 4.98 Å². The SMILES string of the molecule is Cc1ccc(Nc2ccnc(N)c2)cc1[N+](=O)[O-]. The lowest BCUT2D eigenvalue weighted by Crippen LogP contribution is -1.96. The highest BCUT2D eigenvalue weighted by Gasteiger charge is 2.10. The number of nitrogens with one attached hydrogen (secondary N) is 1. The van der Waals surface area contributed by atoms with Crippen LogP contribution in [0.4, 0.5) is 22.9 Å². The molecule has 0 saturated carbocycles. The molecule has 0 spiro atoms. The fourth-order valence-corrected chi connectivity index (χ4v) is 1.58. The lowest BCUT2D eigenvalue weighted by atomic mass is 10.2. The van der Waals surface area contributed by atoms with E-state index in [1.807, 2.05) is 0 Å². The standard InChI is InChI=1S/C12H12N4O2/c1-8-2-3-9(6-11(8)16(17)18)15-10-4-5-14-12(13)7-10/h2-7H,1H3,(H3,13,14,15). The Morgan fingerprint density at radius 1 is 1.28 bits per heavy atom. The molecule has 0 aliphatic carbocycles. The molecule has 6 nitrogen and oxygen atoms in total. The van der Waals surface area contributed by atoms with Gasteiger partial charge >= 0.3 is 0 Å². The number of aromatic nitrogens is 1. The van der Waals surface area contributed by atoms with Gasteiger partial charge in [-0.1, -0.05) is 6.07 Å². The Balaban J connectivity index is 2.30. The Hall–Kier alpha value is -2.63. The van der Waals surface area contributed by atoms with Crippen molar-refractivity contribution in [2.24, 2.45) is 0 Å². The molecule has 0 saturated heterocycles. The van der Waals surface area contributed by atoms with E-state index in [9.17, 15) is 10.1 Å². The van der Waals surface area contributed by atoms with E-state index in [2.05, 4.69) is 10.3 Å². The Morgan fingerprint density at radius 2 is 2.00 bits per heavy atom. The van der Waals surface area contributed by atoms with E-state index >= 15 is 0 Å². The molecule has 1 aromatic heterocycles. The lowest BCUT2D eigenvalue weighted by Gasteiger charge is -2.07. The van der Waals surface area contributed by atoms with Gasteiger partial charge in [-0.15, -0.1) is 0 Å². The molecule has 2 rings (SSSR count). The van der Waals surface area contributed by atoms with Gasteiger partial charge in [0.2, 0.25) is 0 Å². The molecule has 18 heavy (non-hydrogen) atoms. The number of hydrogen-bond donors (Lipinski definition) is 2. The first kappa shape index (κ1) is 11.8. The lowest BCUT2D eigenvalue weighted by molar-refractivity contribution is -0.385. The molecule has 0 fully saturated rings. The van der Waals surface area contributed by atoms with Gasteiger partial charge < -0.3 is 11.1 Å². The number of nitrogens with zero attached hydrogens (tertiary/aromatic N) is 2. The quantitative estimate of drug-likeness (QED) is 0.639. The van der Waals surface area contributed by atoms with Crippen LogP contribution in [0.25, 0.3) is 0 Å². The summed E-state index contributed by atoms with van der Waals surface area (Å²) in [6.07, 6.45) is 1.57. The van der Waals surface area contributed by atoms with Crippen LogP contribution in [0.15, 0.2) is 36.5 Å². The fraction of sp³-hybridized carbons (Fsp3) is 0.0833. The molecule has 92 valence electrons. The number of hydrogen-bond acceptors (Lipinski definition) is 5. The minimum absolute atomic E-state index is 0.0852. The Labute approximate surface area is 104 Å². The van der Waals surface area contributed by atoms with Gasteiger partial charge in [0, 0.05) is 35.3 Å². The van der Waals surface area contributed by atoms with Gasteiger partial charge in [-0.25, -0.2) is 4.98 Å². The first-order chi connectivity index (χ1) is 8.56. The van der Waals surface area contributed by atoms with Crippen LogP contribution in [0, 0.1) is 17.0 Å². The number of rotatable bonds is 3. The molecule has 1 aromatic carbocycles. The molecule has 2 aromatic rings. The van der Waals surface area contributed by atoms with Crippen molar-refractivity contribution < 1.29 is 4.92 Å². The van der Waals surface area contributed by atoms with Crippen LogP contribution >= 0.6 is 0 Å². The van der Waals surface area contributed by atoms with E-state index in [-0.39, 0.29) is 5.69 Å². The number of aryl methyl sites for hydroxylation is 1. The van der Waals surface area contributed by atoms with Gasteiger partial charge in [0.05, 0.1) is 4.92 Å².